The number of nitrogens with zero attached hydrogens (tertiary/aromatic N) is 3. The Labute approximate surface area is 100.0 Å². The van der Waals surface area contributed by atoms with Crippen LogP contribution in [-0.4, -0.2) is 9.97 Å². The summed E-state index contributed by atoms with van der Waals surface area (Å²) in [6.07, 6.45) is 0. The van der Waals surface area contributed by atoms with Crippen molar-refractivity contribution in [3.8, 4) is 6.07 Å². The van der Waals surface area contributed by atoms with E-state index in [1.54, 1.807) is 0 Å². The maximum absolute atomic E-state index is 8.93. The monoisotopic (exact) mass is 224 g/mol. The topological polar surface area (TPSA) is 61.6 Å². The van der Waals surface area contributed by atoms with Crippen LogP contribution < -0.4 is 5.32 Å². The molecule has 1 N–H and O–H groups in total. The molecule has 4 heteroatoms. The summed E-state index contributed by atoms with van der Waals surface area (Å²) in [7, 11) is 0. The van der Waals surface area contributed by atoms with Crippen LogP contribution in [-0.2, 0) is 0 Å². The standard InChI is InChI=1S/C13H12N4/c1-9-12(8-14)10(2)16-13(15-9)17-11-6-4-3-5-7-11/h3-7H,1-2H3,(H,15,16,17). The van der Waals surface area contributed by atoms with Gasteiger partial charge in [-0.2, -0.15) is 5.26 Å². The first kappa shape index (κ1) is 11.1. The van der Waals surface area contributed by atoms with Crippen LogP contribution in [0.2, 0.25) is 0 Å². The Bertz CT molecular complexity index is 547. The first-order valence-electron chi connectivity index (χ1n) is 5.28. The van der Waals surface area contributed by atoms with Crippen molar-refractivity contribution in [2.24, 2.45) is 0 Å². The van der Waals surface area contributed by atoms with E-state index in [1.807, 2.05) is 44.2 Å². The smallest absolute Gasteiger partial charge is 0.227 e. The van der Waals surface area contributed by atoms with Gasteiger partial charge in [-0.1, -0.05) is 18.2 Å². The fourth-order valence-corrected chi connectivity index (χ4v) is 1.58. The number of nitriles is 1. The van der Waals surface area contributed by atoms with E-state index >= 15 is 0 Å². The highest BCUT2D eigenvalue weighted by Crippen LogP contribution is 2.15. The van der Waals surface area contributed by atoms with Gasteiger partial charge in [0, 0.05) is 5.69 Å². The highest BCUT2D eigenvalue weighted by Gasteiger charge is 2.07. The largest absolute Gasteiger partial charge is 0.324 e. The lowest BCUT2D eigenvalue weighted by Crippen LogP contribution is -2.03. The summed E-state index contributed by atoms with van der Waals surface area (Å²) in [6, 6.07) is 11.8. The number of aryl methyl sites for hydroxylation is 2. The molecule has 0 saturated carbocycles. The Morgan fingerprint density at radius 2 is 1.65 bits per heavy atom. The lowest BCUT2D eigenvalue weighted by Gasteiger charge is -2.07. The van der Waals surface area contributed by atoms with Gasteiger partial charge in [0.25, 0.3) is 0 Å². The van der Waals surface area contributed by atoms with E-state index in [4.69, 9.17) is 5.26 Å². The van der Waals surface area contributed by atoms with Crippen LogP contribution >= 0.6 is 0 Å². The van der Waals surface area contributed by atoms with Crippen molar-refractivity contribution in [3.05, 3.63) is 47.3 Å². The van der Waals surface area contributed by atoms with Gasteiger partial charge < -0.3 is 5.32 Å². The van der Waals surface area contributed by atoms with E-state index in [0.29, 0.717) is 22.9 Å². The molecular formula is C13H12N4. The third kappa shape index (κ3) is 2.40. The molecule has 17 heavy (non-hydrogen) atoms. The first-order chi connectivity index (χ1) is 8.20. The van der Waals surface area contributed by atoms with E-state index in [0.717, 1.165) is 5.69 Å². The molecule has 0 saturated heterocycles. The summed E-state index contributed by atoms with van der Waals surface area (Å²) in [6.45, 7) is 3.62. The molecule has 0 bridgehead atoms. The average Bonchev–Trinajstić information content (AvgIpc) is 2.30. The van der Waals surface area contributed by atoms with Crippen molar-refractivity contribution in [2.75, 3.05) is 5.32 Å². The SMILES string of the molecule is Cc1nc(Nc2ccccc2)nc(C)c1C#N. The minimum atomic E-state index is 0.519. The van der Waals surface area contributed by atoms with Crippen molar-refractivity contribution in [1.82, 2.24) is 9.97 Å². The molecule has 0 aliphatic carbocycles. The van der Waals surface area contributed by atoms with Gasteiger partial charge >= 0.3 is 0 Å². The molecule has 0 amide bonds. The van der Waals surface area contributed by atoms with Gasteiger partial charge in [-0.15, -0.1) is 0 Å². The Balaban J connectivity index is 2.33. The van der Waals surface area contributed by atoms with Crippen LogP contribution in [0.25, 0.3) is 0 Å². The van der Waals surface area contributed by atoms with E-state index in [2.05, 4.69) is 21.4 Å². The molecule has 2 rings (SSSR count). The normalized spacial score (nSPS) is 9.71. The lowest BCUT2D eigenvalue weighted by molar-refractivity contribution is 1.04. The van der Waals surface area contributed by atoms with Crippen LogP contribution in [0.3, 0.4) is 0 Å². The zero-order valence-electron chi connectivity index (χ0n) is 9.73. The minimum absolute atomic E-state index is 0.519. The summed E-state index contributed by atoms with van der Waals surface area (Å²) in [5.74, 6) is 0.519. The molecule has 0 aliphatic heterocycles. The molecule has 0 spiro atoms. The van der Waals surface area contributed by atoms with Crippen LogP contribution in [0.1, 0.15) is 17.0 Å². The maximum Gasteiger partial charge on any atom is 0.227 e. The second-order valence-electron chi connectivity index (χ2n) is 3.70. The number of para-hydroxylation sites is 1. The summed E-state index contributed by atoms with van der Waals surface area (Å²) in [5.41, 5.74) is 2.86. The fourth-order valence-electron chi connectivity index (χ4n) is 1.58. The van der Waals surface area contributed by atoms with Crippen LogP contribution in [0.4, 0.5) is 11.6 Å². The summed E-state index contributed by atoms with van der Waals surface area (Å²) >= 11 is 0. The van der Waals surface area contributed by atoms with E-state index in [1.165, 1.54) is 0 Å². The highest BCUT2D eigenvalue weighted by atomic mass is 15.1. The summed E-state index contributed by atoms with van der Waals surface area (Å²) in [4.78, 5) is 8.51. The minimum Gasteiger partial charge on any atom is -0.324 e. The molecule has 0 radical (unpaired) electrons. The average molecular weight is 224 g/mol. The molecule has 1 aromatic carbocycles. The zero-order valence-corrected chi connectivity index (χ0v) is 9.73. The highest BCUT2D eigenvalue weighted by molar-refractivity contribution is 5.54. The van der Waals surface area contributed by atoms with Gasteiger partial charge in [0.1, 0.15) is 6.07 Å². The van der Waals surface area contributed by atoms with E-state index < -0.39 is 0 Å². The predicted molar refractivity (Wildman–Crippen MR) is 65.9 cm³/mol. The van der Waals surface area contributed by atoms with Gasteiger partial charge in [-0.05, 0) is 26.0 Å². The van der Waals surface area contributed by atoms with Crippen molar-refractivity contribution >= 4 is 11.6 Å². The second kappa shape index (κ2) is 4.62. The first-order valence-corrected chi connectivity index (χ1v) is 5.28. The summed E-state index contributed by atoms with van der Waals surface area (Å²) in [5, 5.41) is 12.0. The van der Waals surface area contributed by atoms with Crippen molar-refractivity contribution in [1.29, 1.82) is 5.26 Å². The molecule has 2 aromatic rings. The second-order valence-corrected chi connectivity index (χ2v) is 3.70. The van der Waals surface area contributed by atoms with Crippen LogP contribution in [0, 0.1) is 25.2 Å². The molecule has 84 valence electrons. The molecule has 1 aromatic heterocycles. The molecule has 1 heterocycles. The molecule has 0 atom stereocenters. The van der Waals surface area contributed by atoms with Gasteiger partial charge in [0.2, 0.25) is 5.95 Å². The van der Waals surface area contributed by atoms with Gasteiger partial charge in [-0.25, -0.2) is 9.97 Å². The number of hydrogen-bond donors (Lipinski definition) is 1. The quantitative estimate of drug-likeness (QED) is 0.851. The Hall–Kier alpha value is -2.41. The Kier molecular flexibility index (Phi) is 3.01. The number of anilines is 2. The number of hydrogen-bond acceptors (Lipinski definition) is 4. The fraction of sp³-hybridized carbons (Fsp3) is 0.154. The number of aromatic nitrogens is 2. The zero-order chi connectivity index (χ0) is 12.3. The Morgan fingerprint density at radius 1 is 1.06 bits per heavy atom. The molecule has 4 nitrogen and oxygen atoms in total. The molecule has 0 aliphatic rings. The van der Waals surface area contributed by atoms with Crippen molar-refractivity contribution in [2.45, 2.75) is 13.8 Å². The molecule has 0 unspecified atom stereocenters. The van der Waals surface area contributed by atoms with Crippen LogP contribution in [0.15, 0.2) is 30.3 Å². The van der Waals surface area contributed by atoms with Gasteiger partial charge in [0.05, 0.1) is 17.0 Å². The van der Waals surface area contributed by atoms with Crippen LogP contribution in [0.5, 0.6) is 0 Å². The predicted octanol–water partition coefficient (Wildman–Crippen LogP) is 2.71. The van der Waals surface area contributed by atoms with Crippen molar-refractivity contribution < 1.29 is 0 Å². The van der Waals surface area contributed by atoms with E-state index in [9.17, 15) is 0 Å². The van der Waals surface area contributed by atoms with Gasteiger partial charge in [-0.3, -0.25) is 0 Å². The van der Waals surface area contributed by atoms with Crippen molar-refractivity contribution in [3.63, 3.8) is 0 Å². The maximum atomic E-state index is 8.93. The molecular weight excluding hydrogens is 212 g/mol. The number of nitrogens with one attached hydrogen (secondary N) is 1. The Morgan fingerprint density at radius 3 is 2.18 bits per heavy atom. The third-order valence-electron chi connectivity index (χ3n) is 2.41. The summed E-state index contributed by atoms with van der Waals surface area (Å²) < 4.78 is 0. The third-order valence-corrected chi connectivity index (χ3v) is 2.41. The van der Waals surface area contributed by atoms with Gasteiger partial charge in [0.15, 0.2) is 0 Å². The lowest BCUT2D eigenvalue weighted by atomic mass is 10.2. The molecule has 0 fully saturated rings. The number of rotatable bonds is 2. The number of benzene rings is 1. The van der Waals surface area contributed by atoms with E-state index in [-0.39, 0.29) is 0 Å².